The summed E-state index contributed by atoms with van der Waals surface area (Å²) in [5, 5.41) is 10.7. The molecule has 1 aromatic carbocycles. The lowest BCUT2D eigenvalue weighted by molar-refractivity contribution is -0.0802. The molecule has 0 aromatic heterocycles. The number of hydrogen-bond acceptors (Lipinski definition) is 4. The highest BCUT2D eigenvalue weighted by molar-refractivity contribution is 5.82. The van der Waals surface area contributed by atoms with Crippen molar-refractivity contribution in [1.29, 1.82) is 0 Å². The minimum atomic E-state index is -0.595. The molecular weight excluding hydrogens is 240 g/mol. The molecule has 102 valence electrons. The zero-order valence-electron chi connectivity index (χ0n) is 11.6. The van der Waals surface area contributed by atoms with Crippen LogP contribution in [0.4, 0.5) is 0 Å². The van der Waals surface area contributed by atoms with Gasteiger partial charge in [0.2, 0.25) is 0 Å². The van der Waals surface area contributed by atoms with Crippen molar-refractivity contribution in [1.82, 2.24) is 4.90 Å². The molecule has 3 rings (SSSR count). The van der Waals surface area contributed by atoms with E-state index in [1.807, 2.05) is 45.0 Å². The molecule has 0 amide bonds. The molecule has 1 aromatic rings. The molecule has 19 heavy (non-hydrogen) atoms. The highest BCUT2D eigenvalue weighted by atomic mass is 16.5. The van der Waals surface area contributed by atoms with Crippen molar-refractivity contribution in [3.8, 4) is 5.75 Å². The number of benzene rings is 1. The average Bonchev–Trinajstić information content (AvgIpc) is 2.77. The number of amidine groups is 1. The first-order valence-electron chi connectivity index (χ1n) is 6.74. The van der Waals surface area contributed by atoms with Gasteiger partial charge in [-0.25, -0.2) is 0 Å². The molecule has 2 aliphatic heterocycles. The zero-order chi connectivity index (χ0) is 13.6. The highest BCUT2D eigenvalue weighted by Gasteiger charge is 2.46. The van der Waals surface area contributed by atoms with Gasteiger partial charge in [-0.3, -0.25) is 4.99 Å². The second kappa shape index (κ2) is 4.23. The van der Waals surface area contributed by atoms with Gasteiger partial charge in [-0.05, 0) is 26.8 Å². The fourth-order valence-corrected chi connectivity index (χ4v) is 2.96. The number of hydrogen-bond donors (Lipinski definition) is 1. The van der Waals surface area contributed by atoms with Gasteiger partial charge >= 0.3 is 0 Å². The molecule has 4 nitrogen and oxygen atoms in total. The zero-order valence-corrected chi connectivity index (χ0v) is 11.6. The Labute approximate surface area is 113 Å². The molecule has 4 heteroatoms. The van der Waals surface area contributed by atoms with Gasteiger partial charge in [0.05, 0.1) is 18.4 Å². The van der Waals surface area contributed by atoms with Crippen LogP contribution in [0.25, 0.3) is 0 Å². The number of fused-ring (bicyclic) bond motifs is 1. The molecule has 0 bridgehead atoms. The molecule has 2 atom stereocenters. The van der Waals surface area contributed by atoms with Crippen LogP contribution in [-0.4, -0.2) is 40.6 Å². The van der Waals surface area contributed by atoms with Crippen LogP contribution in [0.1, 0.15) is 32.4 Å². The summed E-state index contributed by atoms with van der Waals surface area (Å²) in [6.07, 6.45) is -0.578. The molecule has 2 heterocycles. The van der Waals surface area contributed by atoms with Gasteiger partial charge in [0, 0.05) is 12.1 Å². The molecule has 0 radical (unpaired) electrons. The number of rotatable bonds is 1. The van der Waals surface area contributed by atoms with Gasteiger partial charge in [-0.15, -0.1) is 0 Å². The largest absolute Gasteiger partial charge is 0.485 e. The van der Waals surface area contributed by atoms with Gasteiger partial charge in [-0.1, -0.05) is 18.2 Å². The summed E-state index contributed by atoms with van der Waals surface area (Å²) < 4.78 is 5.94. The first-order valence-corrected chi connectivity index (χ1v) is 6.74. The summed E-state index contributed by atoms with van der Waals surface area (Å²) in [5.74, 6) is 1.86. The third-order valence-corrected chi connectivity index (χ3v) is 4.05. The third kappa shape index (κ3) is 1.91. The molecule has 0 saturated carbocycles. The molecule has 0 fully saturated rings. The summed E-state index contributed by atoms with van der Waals surface area (Å²) in [7, 11) is 0. The standard InChI is InChI=1S/C15H20N2O2/c1-10-16-8-9-17(10)13-11-6-4-5-7-12(11)19-15(2,3)14(13)18/h4-7,13-14,18H,8-9H2,1-3H3. The molecule has 0 saturated heterocycles. The number of para-hydroxylation sites is 1. The lowest BCUT2D eigenvalue weighted by Gasteiger charge is -2.45. The van der Waals surface area contributed by atoms with E-state index in [2.05, 4.69) is 9.89 Å². The van der Waals surface area contributed by atoms with Gasteiger partial charge < -0.3 is 14.7 Å². The summed E-state index contributed by atoms with van der Waals surface area (Å²) in [5.41, 5.74) is 0.452. The quantitative estimate of drug-likeness (QED) is 0.840. The topological polar surface area (TPSA) is 45.1 Å². The SMILES string of the molecule is CC1=NCCN1C1c2ccccc2OC(C)(C)C1O. The van der Waals surface area contributed by atoms with Gasteiger partial charge in [0.15, 0.2) is 0 Å². The molecule has 0 spiro atoms. The summed E-state index contributed by atoms with van der Waals surface area (Å²) in [6.45, 7) is 7.54. The van der Waals surface area contributed by atoms with Crippen LogP contribution in [0.15, 0.2) is 29.3 Å². The first-order chi connectivity index (χ1) is 9.00. The second-order valence-corrected chi connectivity index (χ2v) is 5.76. The number of nitrogens with zero attached hydrogens (tertiary/aromatic N) is 2. The Bertz CT molecular complexity index is 525. The summed E-state index contributed by atoms with van der Waals surface area (Å²) in [6, 6.07) is 7.88. The monoisotopic (exact) mass is 260 g/mol. The first kappa shape index (κ1) is 12.5. The number of aliphatic imine (C=N–C) groups is 1. The Morgan fingerprint density at radius 2 is 2.11 bits per heavy atom. The molecule has 2 aliphatic rings. The van der Waals surface area contributed by atoms with Gasteiger partial charge in [-0.2, -0.15) is 0 Å². The summed E-state index contributed by atoms with van der Waals surface area (Å²) in [4.78, 5) is 6.63. The number of ether oxygens (including phenoxy) is 1. The van der Waals surface area contributed by atoms with Crippen molar-refractivity contribution in [3.63, 3.8) is 0 Å². The van der Waals surface area contributed by atoms with Crippen molar-refractivity contribution >= 4 is 5.84 Å². The van der Waals surface area contributed by atoms with Crippen LogP contribution in [-0.2, 0) is 0 Å². The predicted molar refractivity (Wildman–Crippen MR) is 74.6 cm³/mol. The van der Waals surface area contributed by atoms with E-state index in [4.69, 9.17) is 4.74 Å². The van der Waals surface area contributed by atoms with E-state index in [0.29, 0.717) is 0 Å². The summed E-state index contributed by atoms with van der Waals surface area (Å²) >= 11 is 0. The molecule has 0 aliphatic carbocycles. The fraction of sp³-hybridized carbons (Fsp3) is 0.533. The van der Waals surface area contributed by atoms with Crippen molar-refractivity contribution < 1.29 is 9.84 Å². The third-order valence-electron chi connectivity index (χ3n) is 4.05. The Hall–Kier alpha value is -1.55. The van der Waals surface area contributed by atoms with E-state index in [9.17, 15) is 5.11 Å². The lowest BCUT2D eigenvalue weighted by Crippen LogP contribution is -2.54. The Morgan fingerprint density at radius 3 is 2.79 bits per heavy atom. The molecule has 2 unspecified atom stereocenters. The maximum atomic E-state index is 10.7. The van der Waals surface area contributed by atoms with Crippen molar-refractivity contribution in [3.05, 3.63) is 29.8 Å². The van der Waals surface area contributed by atoms with E-state index >= 15 is 0 Å². The van der Waals surface area contributed by atoms with E-state index in [1.165, 1.54) is 0 Å². The van der Waals surface area contributed by atoms with Crippen LogP contribution in [0, 0.1) is 0 Å². The van der Waals surface area contributed by atoms with Crippen molar-refractivity contribution in [2.24, 2.45) is 4.99 Å². The van der Waals surface area contributed by atoms with E-state index in [-0.39, 0.29) is 6.04 Å². The van der Waals surface area contributed by atoms with Crippen LogP contribution < -0.4 is 4.74 Å². The maximum Gasteiger partial charge on any atom is 0.132 e. The van der Waals surface area contributed by atoms with Gasteiger partial charge in [0.25, 0.3) is 0 Å². The lowest BCUT2D eigenvalue weighted by atomic mass is 9.85. The highest BCUT2D eigenvalue weighted by Crippen LogP contribution is 2.43. The van der Waals surface area contributed by atoms with Crippen molar-refractivity contribution in [2.75, 3.05) is 13.1 Å². The van der Waals surface area contributed by atoms with Crippen LogP contribution in [0.3, 0.4) is 0 Å². The van der Waals surface area contributed by atoms with Crippen molar-refractivity contribution in [2.45, 2.75) is 38.5 Å². The predicted octanol–water partition coefficient (Wildman–Crippen LogP) is 1.99. The normalized spacial score (nSPS) is 28.6. The number of aliphatic hydroxyl groups is 1. The van der Waals surface area contributed by atoms with E-state index < -0.39 is 11.7 Å². The molecular formula is C15H20N2O2. The van der Waals surface area contributed by atoms with Crippen LogP contribution in [0.5, 0.6) is 5.75 Å². The Morgan fingerprint density at radius 1 is 1.37 bits per heavy atom. The average molecular weight is 260 g/mol. The van der Waals surface area contributed by atoms with E-state index in [0.717, 1.165) is 30.2 Å². The Balaban J connectivity index is 2.08. The van der Waals surface area contributed by atoms with Gasteiger partial charge in [0.1, 0.15) is 17.5 Å². The minimum absolute atomic E-state index is 0.0776. The Kier molecular flexibility index (Phi) is 2.78. The maximum absolute atomic E-state index is 10.7. The van der Waals surface area contributed by atoms with Crippen LogP contribution >= 0.6 is 0 Å². The fourth-order valence-electron chi connectivity index (χ4n) is 2.96. The number of aliphatic hydroxyl groups excluding tert-OH is 1. The second-order valence-electron chi connectivity index (χ2n) is 5.76. The minimum Gasteiger partial charge on any atom is -0.485 e. The molecule has 1 N–H and O–H groups in total. The van der Waals surface area contributed by atoms with Crippen LogP contribution in [0.2, 0.25) is 0 Å². The van der Waals surface area contributed by atoms with E-state index in [1.54, 1.807) is 0 Å². The smallest absolute Gasteiger partial charge is 0.132 e.